The molecule has 0 aliphatic carbocycles. The van der Waals surface area contributed by atoms with Crippen molar-refractivity contribution in [1.29, 1.82) is 0 Å². The fraction of sp³-hybridized carbons (Fsp3) is 0. The molecule has 0 saturated heterocycles. The Labute approximate surface area is 136 Å². The van der Waals surface area contributed by atoms with Crippen LogP contribution < -0.4 is 0 Å². The Kier molecular flexibility index (Phi) is 2.52. The van der Waals surface area contributed by atoms with Crippen LogP contribution in [0.15, 0.2) is 66.7 Å². The number of halogens is 1. The lowest BCUT2D eigenvalue weighted by atomic mass is 9.97. The molecule has 0 aliphatic heterocycles. The van der Waals surface area contributed by atoms with Crippen molar-refractivity contribution in [1.82, 2.24) is 0 Å². The molecule has 0 spiro atoms. The lowest BCUT2D eigenvalue weighted by Crippen LogP contribution is -1.80. The van der Waals surface area contributed by atoms with Gasteiger partial charge < -0.3 is 0 Å². The first-order valence-corrected chi connectivity index (χ1v) is 8.42. The highest BCUT2D eigenvalue weighted by molar-refractivity contribution is 7.22. The van der Waals surface area contributed by atoms with Gasteiger partial charge >= 0.3 is 0 Å². The minimum Gasteiger partial charge on any atom is -0.123 e. The van der Waals surface area contributed by atoms with Crippen LogP contribution >= 0.6 is 22.9 Å². The maximum absolute atomic E-state index is 6.20. The molecular weight excluding hydrogens is 308 g/mol. The number of rotatable bonds is 0. The van der Waals surface area contributed by atoms with Crippen LogP contribution in [0.3, 0.4) is 0 Å². The Balaban J connectivity index is 2.01. The number of fused-ring (bicyclic) bond motifs is 6. The number of hydrogen-bond acceptors (Lipinski definition) is 1. The molecule has 0 aliphatic rings. The largest absolute Gasteiger partial charge is 0.123 e. The van der Waals surface area contributed by atoms with Crippen LogP contribution in [-0.4, -0.2) is 0 Å². The van der Waals surface area contributed by atoms with Gasteiger partial charge in [-0.1, -0.05) is 54.1 Å². The Morgan fingerprint density at radius 2 is 1.32 bits per heavy atom. The lowest BCUT2D eigenvalue weighted by molar-refractivity contribution is 1.79. The Morgan fingerprint density at radius 3 is 2.18 bits per heavy atom. The lowest BCUT2D eigenvalue weighted by Gasteiger charge is -2.07. The molecule has 0 N–H and O–H groups in total. The van der Waals surface area contributed by atoms with Crippen LogP contribution in [0.25, 0.3) is 42.4 Å². The maximum atomic E-state index is 6.20. The zero-order chi connectivity index (χ0) is 14.7. The van der Waals surface area contributed by atoms with Gasteiger partial charge in [0.2, 0.25) is 0 Å². The third-order valence-corrected chi connectivity index (χ3v) is 5.58. The molecule has 5 rings (SSSR count). The van der Waals surface area contributed by atoms with Gasteiger partial charge in [-0.25, -0.2) is 0 Å². The van der Waals surface area contributed by atoms with Crippen molar-refractivity contribution >= 4 is 65.3 Å². The molecule has 0 nitrogen and oxygen atoms in total. The normalized spacial score (nSPS) is 11.9. The molecule has 0 bridgehead atoms. The van der Waals surface area contributed by atoms with E-state index in [0.717, 1.165) is 4.34 Å². The van der Waals surface area contributed by atoms with Crippen LogP contribution in [0.5, 0.6) is 0 Å². The van der Waals surface area contributed by atoms with E-state index >= 15 is 0 Å². The van der Waals surface area contributed by atoms with Crippen molar-refractivity contribution in [3.05, 3.63) is 71.1 Å². The first kappa shape index (κ1) is 12.5. The van der Waals surface area contributed by atoms with Crippen molar-refractivity contribution in [2.75, 3.05) is 0 Å². The standard InChI is InChI=1S/C20H11ClS/c21-20-11-18-16-6-5-14-9-12-3-1-2-4-13(12)10-17(14)15(16)7-8-19(18)22-20/h1-11H. The number of benzene rings is 4. The van der Waals surface area contributed by atoms with Gasteiger partial charge in [-0.05, 0) is 56.6 Å². The average Bonchev–Trinajstić information content (AvgIpc) is 2.93. The van der Waals surface area contributed by atoms with Gasteiger partial charge in [0.05, 0.1) is 4.34 Å². The Morgan fingerprint density at radius 1 is 0.591 bits per heavy atom. The van der Waals surface area contributed by atoms with E-state index in [1.807, 2.05) is 0 Å². The second kappa shape index (κ2) is 4.45. The summed E-state index contributed by atoms with van der Waals surface area (Å²) in [4.78, 5) is 0. The molecule has 5 aromatic rings. The van der Waals surface area contributed by atoms with Gasteiger partial charge in [-0.2, -0.15) is 0 Å². The second-order valence-electron chi connectivity index (χ2n) is 5.61. The summed E-state index contributed by atoms with van der Waals surface area (Å²) < 4.78 is 2.10. The zero-order valence-corrected chi connectivity index (χ0v) is 13.2. The summed E-state index contributed by atoms with van der Waals surface area (Å²) in [6, 6.07) is 24.0. The minimum atomic E-state index is 0.848. The predicted octanol–water partition coefficient (Wildman–Crippen LogP) is 7.01. The van der Waals surface area contributed by atoms with E-state index in [1.165, 1.54) is 42.4 Å². The summed E-state index contributed by atoms with van der Waals surface area (Å²) in [7, 11) is 0. The van der Waals surface area contributed by atoms with Crippen LogP contribution in [0, 0.1) is 0 Å². The molecule has 0 radical (unpaired) electrons. The summed E-state index contributed by atoms with van der Waals surface area (Å²) in [5.74, 6) is 0. The molecule has 0 amide bonds. The number of hydrogen-bond donors (Lipinski definition) is 0. The van der Waals surface area contributed by atoms with Crippen molar-refractivity contribution in [3.63, 3.8) is 0 Å². The van der Waals surface area contributed by atoms with Gasteiger partial charge in [0, 0.05) is 10.1 Å². The predicted molar refractivity (Wildman–Crippen MR) is 99.4 cm³/mol. The fourth-order valence-corrected chi connectivity index (χ4v) is 4.48. The van der Waals surface area contributed by atoms with Crippen LogP contribution in [0.4, 0.5) is 0 Å². The van der Waals surface area contributed by atoms with Crippen molar-refractivity contribution in [2.24, 2.45) is 0 Å². The van der Waals surface area contributed by atoms with Gasteiger partial charge in [-0.3, -0.25) is 0 Å². The smallest absolute Gasteiger partial charge is 0.0941 e. The Bertz CT molecular complexity index is 1180. The van der Waals surface area contributed by atoms with Crippen molar-refractivity contribution in [2.45, 2.75) is 0 Å². The van der Waals surface area contributed by atoms with Crippen molar-refractivity contribution in [3.8, 4) is 0 Å². The highest BCUT2D eigenvalue weighted by Gasteiger charge is 2.08. The van der Waals surface area contributed by atoms with Crippen LogP contribution in [-0.2, 0) is 0 Å². The van der Waals surface area contributed by atoms with Crippen LogP contribution in [0.2, 0.25) is 4.34 Å². The molecular formula is C20H11ClS. The Hall–Kier alpha value is -2.09. The SMILES string of the molecule is Clc1cc2c(ccc3c4cc5ccccc5cc4ccc23)s1. The number of thiophene rings is 1. The minimum absolute atomic E-state index is 0.848. The molecule has 104 valence electrons. The summed E-state index contributed by atoms with van der Waals surface area (Å²) in [6.45, 7) is 0. The van der Waals surface area contributed by atoms with E-state index in [1.54, 1.807) is 11.3 Å². The summed E-state index contributed by atoms with van der Waals surface area (Å²) in [5, 5.41) is 8.99. The van der Waals surface area contributed by atoms with Gasteiger partial charge in [-0.15, -0.1) is 11.3 Å². The van der Waals surface area contributed by atoms with E-state index in [2.05, 4.69) is 66.7 Å². The molecule has 22 heavy (non-hydrogen) atoms. The van der Waals surface area contributed by atoms with Gasteiger partial charge in [0.15, 0.2) is 0 Å². The fourth-order valence-electron chi connectivity index (χ4n) is 3.32. The quantitative estimate of drug-likeness (QED) is 0.213. The van der Waals surface area contributed by atoms with Crippen molar-refractivity contribution < 1.29 is 0 Å². The van der Waals surface area contributed by atoms with E-state index < -0.39 is 0 Å². The van der Waals surface area contributed by atoms with E-state index in [9.17, 15) is 0 Å². The zero-order valence-electron chi connectivity index (χ0n) is 11.6. The third kappa shape index (κ3) is 1.70. The van der Waals surface area contributed by atoms with Gasteiger partial charge in [0.1, 0.15) is 0 Å². The molecule has 1 aromatic heterocycles. The third-order valence-electron chi connectivity index (χ3n) is 4.35. The molecule has 0 fully saturated rings. The second-order valence-corrected chi connectivity index (χ2v) is 7.32. The molecule has 2 heteroatoms. The molecule has 0 atom stereocenters. The molecule has 1 heterocycles. The monoisotopic (exact) mass is 318 g/mol. The highest BCUT2D eigenvalue weighted by atomic mass is 35.5. The van der Waals surface area contributed by atoms with E-state index in [-0.39, 0.29) is 0 Å². The summed E-state index contributed by atoms with van der Waals surface area (Å²) in [5.41, 5.74) is 0. The van der Waals surface area contributed by atoms with Gasteiger partial charge in [0.25, 0.3) is 0 Å². The van der Waals surface area contributed by atoms with Crippen LogP contribution in [0.1, 0.15) is 0 Å². The first-order chi connectivity index (χ1) is 10.8. The maximum Gasteiger partial charge on any atom is 0.0941 e. The van der Waals surface area contributed by atoms with E-state index in [4.69, 9.17) is 11.6 Å². The topological polar surface area (TPSA) is 0 Å². The molecule has 4 aromatic carbocycles. The molecule has 0 unspecified atom stereocenters. The highest BCUT2D eigenvalue weighted by Crippen LogP contribution is 2.37. The first-order valence-electron chi connectivity index (χ1n) is 7.23. The van der Waals surface area contributed by atoms with E-state index in [0.29, 0.717) is 0 Å². The average molecular weight is 319 g/mol. The summed E-state index contributed by atoms with van der Waals surface area (Å²) >= 11 is 7.84. The summed E-state index contributed by atoms with van der Waals surface area (Å²) in [6.07, 6.45) is 0. The molecule has 0 saturated carbocycles.